The van der Waals surface area contributed by atoms with Gasteiger partial charge in [0.15, 0.2) is 0 Å². The summed E-state index contributed by atoms with van der Waals surface area (Å²) in [6.45, 7) is 1.98. The number of aryl methyl sites for hydroxylation is 1. The first kappa shape index (κ1) is 21.0. The van der Waals surface area contributed by atoms with E-state index >= 15 is 0 Å². The number of anilines is 1. The Morgan fingerprint density at radius 1 is 0.971 bits per heavy atom. The second-order valence-corrected chi connectivity index (χ2v) is 7.42. The number of aromatic nitrogens is 5. The molecule has 0 saturated heterocycles. The topological polar surface area (TPSA) is 111 Å². The fourth-order valence-electron chi connectivity index (χ4n) is 3.26. The minimum Gasteiger partial charge on any atom is -0.313 e. The summed E-state index contributed by atoms with van der Waals surface area (Å²) >= 11 is 0. The Bertz CT molecular complexity index is 1430. The predicted molar refractivity (Wildman–Crippen MR) is 122 cm³/mol. The molecule has 2 aromatic carbocycles. The highest BCUT2D eigenvalue weighted by Crippen LogP contribution is 2.24. The van der Waals surface area contributed by atoms with Gasteiger partial charge in [0.1, 0.15) is 11.5 Å². The Balaban J connectivity index is 1.41. The molecule has 5 rings (SSSR count). The van der Waals surface area contributed by atoms with Crippen molar-refractivity contribution in [2.24, 2.45) is 0 Å². The smallest absolute Gasteiger partial charge is 0.313 e. The third-order valence-corrected chi connectivity index (χ3v) is 5.02. The van der Waals surface area contributed by atoms with E-state index in [9.17, 15) is 9.18 Å². The Hall–Kier alpha value is -4.86. The quantitative estimate of drug-likeness (QED) is 0.369. The van der Waals surface area contributed by atoms with E-state index in [1.54, 1.807) is 42.9 Å². The number of amides is 1. The summed E-state index contributed by atoms with van der Waals surface area (Å²) in [5, 5.41) is 8.46. The lowest BCUT2D eigenvalue weighted by molar-refractivity contribution is 0.0961. The summed E-state index contributed by atoms with van der Waals surface area (Å²) in [7, 11) is 0. The summed E-state index contributed by atoms with van der Waals surface area (Å²) in [5.74, 6) is -0.473. The fraction of sp³-hybridized carbons (Fsp3) is 0.0417. The number of carbonyl (C=O) groups is 1. The number of pyridine rings is 1. The molecule has 3 heterocycles. The van der Waals surface area contributed by atoms with Crippen LogP contribution in [0.15, 0.2) is 83.8 Å². The molecule has 0 aliphatic rings. The molecule has 5 aromatic rings. The van der Waals surface area contributed by atoms with Crippen LogP contribution in [0.25, 0.3) is 28.3 Å². The maximum Gasteiger partial charge on any atom is 0.340 e. The number of rotatable bonds is 6. The van der Waals surface area contributed by atoms with Crippen LogP contribution in [0.4, 0.5) is 10.4 Å². The molecule has 168 valence electrons. The molecule has 0 saturated carbocycles. The molecule has 0 radical (unpaired) electrons. The van der Waals surface area contributed by atoms with Crippen LogP contribution in [-0.2, 0) is 0 Å². The summed E-state index contributed by atoms with van der Waals surface area (Å²) in [6, 6.07) is 17.0. The van der Waals surface area contributed by atoms with Gasteiger partial charge in [-0.05, 0) is 43.3 Å². The van der Waals surface area contributed by atoms with Gasteiger partial charge >= 0.3 is 6.01 Å². The summed E-state index contributed by atoms with van der Waals surface area (Å²) in [6.07, 6.45) is 4.81. The maximum atomic E-state index is 13.4. The van der Waals surface area contributed by atoms with Gasteiger partial charge in [0.05, 0.1) is 11.3 Å². The van der Waals surface area contributed by atoms with Crippen molar-refractivity contribution in [2.45, 2.75) is 6.92 Å². The first-order valence-electron chi connectivity index (χ1n) is 10.3. The minimum absolute atomic E-state index is 0.0166. The zero-order valence-electron chi connectivity index (χ0n) is 17.9. The minimum atomic E-state index is -0.465. The van der Waals surface area contributed by atoms with Crippen LogP contribution in [0, 0.1) is 12.7 Å². The zero-order chi connectivity index (χ0) is 23.5. The first-order chi connectivity index (χ1) is 16.6. The number of halogens is 1. The molecule has 3 aromatic heterocycles. The van der Waals surface area contributed by atoms with E-state index in [1.807, 2.05) is 31.2 Å². The number of nitrogens with zero attached hydrogens (tertiary/aromatic N) is 5. The largest absolute Gasteiger partial charge is 0.340 e. The highest BCUT2D eigenvalue weighted by molar-refractivity contribution is 6.00. The summed E-state index contributed by atoms with van der Waals surface area (Å²) in [4.78, 5) is 21.2. The lowest BCUT2D eigenvalue weighted by atomic mass is 10.1. The van der Waals surface area contributed by atoms with Gasteiger partial charge < -0.3 is 4.52 Å². The molecule has 0 aliphatic heterocycles. The average molecular weight is 455 g/mol. The number of nitrogens with one attached hydrogen (secondary N) is 2. The zero-order valence-corrected chi connectivity index (χ0v) is 17.9. The maximum absolute atomic E-state index is 13.4. The number of hydrogen-bond donors (Lipinski definition) is 2. The third kappa shape index (κ3) is 4.37. The van der Waals surface area contributed by atoms with Crippen molar-refractivity contribution in [2.75, 3.05) is 5.43 Å². The van der Waals surface area contributed by atoms with Gasteiger partial charge in [-0.15, -0.1) is 0 Å². The third-order valence-electron chi connectivity index (χ3n) is 5.02. The molecule has 0 aliphatic carbocycles. The number of hydrazine groups is 1. The van der Waals surface area contributed by atoms with Crippen LogP contribution in [0.3, 0.4) is 0 Å². The van der Waals surface area contributed by atoms with Crippen molar-refractivity contribution in [3.8, 4) is 28.3 Å². The molecule has 0 bridgehead atoms. The average Bonchev–Trinajstić information content (AvgIpc) is 3.52. The lowest BCUT2D eigenvalue weighted by Gasteiger charge is -2.05. The molecular weight excluding hydrogens is 437 g/mol. The van der Waals surface area contributed by atoms with Crippen LogP contribution in [-0.4, -0.2) is 30.8 Å². The molecule has 0 unspecified atom stereocenters. The molecule has 2 N–H and O–H groups in total. The van der Waals surface area contributed by atoms with Gasteiger partial charge in [0.25, 0.3) is 5.91 Å². The number of hydrogen-bond acceptors (Lipinski definition) is 7. The van der Waals surface area contributed by atoms with Crippen LogP contribution in [0.5, 0.6) is 0 Å². The van der Waals surface area contributed by atoms with Gasteiger partial charge in [0, 0.05) is 29.7 Å². The van der Waals surface area contributed by atoms with E-state index in [0.29, 0.717) is 22.8 Å². The first-order valence-corrected chi connectivity index (χ1v) is 10.3. The van der Waals surface area contributed by atoms with Crippen molar-refractivity contribution in [3.63, 3.8) is 0 Å². The van der Waals surface area contributed by atoms with Gasteiger partial charge in [-0.25, -0.2) is 14.5 Å². The van der Waals surface area contributed by atoms with E-state index in [1.165, 1.54) is 16.8 Å². The molecule has 10 heteroatoms. The van der Waals surface area contributed by atoms with E-state index in [-0.39, 0.29) is 11.8 Å². The van der Waals surface area contributed by atoms with E-state index in [0.717, 1.165) is 16.7 Å². The lowest BCUT2D eigenvalue weighted by Crippen LogP contribution is -2.29. The van der Waals surface area contributed by atoms with Crippen LogP contribution in [0.1, 0.15) is 15.9 Å². The second-order valence-electron chi connectivity index (χ2n) is 7.42. The van der Waals surface area contributed by atoms with Crippen LogP contribution >= 0.6 is 0 Å². The Kier molecular flexibility index (Phi) is 5.53. The fourth-order valence-corrected chi connectivity index (χ4v) is 3.26. The highest BCUT2D eigenvalue weighted by atomic mass is 19.1. The molecule has 0 fully saturated rings. The molecule has 1 amide bonds. The molecule has 0 spiro atoms. The van der Waals surface area contributed by atoms with Crippen molar-refractivity contribution in [1.82, 2.24) is 30.3 Å². The molecule has 34 heavy (non-hydrogen) atoms. The van der Waals surface area contributed by atoms with Crippen LogP contribution in [0.2, 0.25) is 0 Å². The standard InChI is InChI=1S/C24H18FN7O2/c1-15-2-4-16(5-3-15)21-20(14-32(30-21)19-8-6-18(25)7-9-19)23(33)28-29-24-27-22(31-34-24)17-10-12-26-13-11-17/h2-14H,1H3,(H,28,33)(H,27,29,31). The Morgan fingerprint density at radius 3 is 2.44 bits per heavy atom. The van der Waals surface area contributed by atoms with Crippen molar-refractivity contribution in [3.05, 3.63) is 96.2 Å². The second kappa shape index (κ2) is 8.94. The summed E-state index contributed by atoms with van der Waals surface area (Å²) in [5.41, 5.74) is 9.14. The van der Waals surface area contributed by atoms with E-state index in [4.69, 9.17) is 4.52 Å². The van der Waals surface area contributed by atoms with E-state index < -0.39 is 5.91 Å². The number of benzene rings is 2. The normalized spacial score (nSPS) is 10.8. The van der Waals surface area contributed by atoms with Crippen molar-refractivity contribution in [1.29, 1.82) is 0 Å². The van der Waals surface area contributed by atoms with Gasteiger partial charge in [-0.3, -0.25) is 15.2 Å². The molecular formula is C24H18FN7O2. The Labute approximate surface area is 193 Å². The SMILES string of the molecule is Cc1ccc(-c2nn(-c3ccc(F)cc3)cc2C(=O)NNc2nc(-c3ccncc3)no2)cc1. The van der Waals surface area contributed by atoms with Crippen molar-refractivity contribution < 1.29 is 13.7 Å². The van der Waals surface area contributed by atoms with Gasteiger partial charge in [-0.2, -0.15) is 10.1 Å². The van der Waals surface area contributed by atoms with Gasteiger partial charge in [0.2, 0.25) is 5.82 Å². The van der Waals surface area contributed by atoms with Gasteiger partial charge in [-0.1, -0.05) is 35.0 Å². The molecule has 0 atom stereocenters. The summed E-state index contributed by atoms with van der Waals surface area (Å²) < 4.78 is 20.0. The molecule has 9 nitrogen and oxygen atoms in total. The predicted octanol–water partition coefficient (Wildman–Crippen LogP) is 4.19. The van der Waals surface area contributed by atoms with Crippen LogP contribution < -0.4 is 10.9 Å². The van der Waals surface area contributed by atoms with Crippen molar-refractivity contribution >= 4 is 11.9 Å². The number of carbonyl (C=O) groups excluding carboxylic acids is 1. The Morgan fingerprint density at radius 2 is 1.71 bits per heavy atom. The van der Waals surface area contributed by atoms with E-state index in [2.05, 4.69) is 31.1 Å². The highest BCUT2D eigenvalue weighted by Gasteiger charge is 2.19. The monoisotopic (exact) mass is 455 g/mol.